The normalized spacial score (nSPS) is 14.5. The van der Waals surface area contributed by atoms with Crippen molar-refractivity contribution in [2.75, 3.05) is 39.6 Å². The number of aliphatic hydroxyl groups excluding tert-OH is 1. The van der Waals surface area contributed by atoms with Crippen LogP contribution in [0.2, 0.25) is 0 Å². The number of ether oxygens (including phenoxy) is 4. The van der Waals surface area contributed by atoms with Crippen LogP contribution in [0.25, 0.3) is 0 Å². The first-order valence-electron chi connectivity index (χ1n) is 36.0. The molecule has 0 bridgehead atoms. The average Bonchev–Trinajstić information content (AvgIpc) is 3.51. The Hall–Kier alpha value is -1.94. The summed E-state index contributed by atoms with van der Waals surface area (Å²) in [6.45, 7) is 9.47. The summed E-state index contributed by atoms with van der Waals surface area (Å²) >= 11 is 0. The minimum Gasteiger partial charge on any atom is -0.462 e. The minimum atomic E-state index is -4.95. The highest BCUT2D eigenvalue weighted by atomic mass is 31.2. The number of carbonyl (C=O) groups is 4. The van der Waals surface area contributed by atoms with Crippen LogP contribution >= 0.6 is 15.6 Å². The predicted octanol–water partition coefficient (Wildman–Crippen LogP) is 19.6. The van der Waals surface area contributed by atoms with E-state index in [4.69, 9.17) is 37.0 Å². The van der Waals surface area contributed by atoms with Crippen LogP contribution in [0.3, 0.4) is 0 Å². The molecule has 17 nitrogen and oxygen atoms in total. The molecule has 0 saturated heterocycles. The maximum absolute atomic E-state index is 13.0. The van der Waals surface area contributed by atoms with Gasteiger partial charge in [-0.05, 0) is 37.5 Å². The molecule has 0 fully saturated rings. The van der Waals surface area contributed by atoms with E-state index in [0.717, 1.165) is 108 Å². The summed E-state index contributed by atoms with van der Waals surface area (Å²) in [5, 5.41) is 10.5. The van der Waals surface area contributed by atoms with Gasteiger partial charge in [0.15, 0.2) is 12.2 Å². The van der Waals surface area contributed by atoms with Crippen molar-refractivity contribution in [3.8, 4) is 0 Å². The number of phosphoric ester groups is 2. The molecule has 0 spiro atoms. The average molecular weight is 1300 g/mol. The zero-order valence-corrected chi connectivity index (χ0v) is 58.8. The first kappa shape index (κ1) is 86.1. The molecular formula is C69H134O17P2. The van der Waals surface area contributed by atoms with E-state index >= 15 is 0 Å². The Morgan fingerprint density at radius 1 is 0.330 bits per heavy atom. The molecule has 0 aliphatic heterocycles. The second-order valence-corrected chi connectivity index (χ2v) is 28.5. The van der Waals surface area contributed by atoms with E-state index in [1.54, 1.807) is 0 Å². The quantitative estimate of drug-likeness (QED) is 0.0222. The number of hydrogen-bond donors (Lipinski definition) is 3. The Morgan fingerprint density at radius 2 is 0.580 bits per heavy atom. The van der Waals surface area contributed by atoms with E-state index in [1.807, 2.05) is 0 Å². The summed E-state index contributed by atoms with van der Waals surface area (Å²) in [6.07, 6.45) is 46.2. The monoisotopic (exact) mass is 1300 g/mol. The molecule has 522 valence electrons. The zero-order chi connectivity index (χ0) is 65.0. The summed E-state index contributed by atoms with van der Waals surface area (Å²) in [4.78, 5) is 72.2. The summed E-state index contributed by atoms with van der Waals surface area (Å²) in [5.74, 6) is -0.573. The van der Waals surface area contributed by atoms with Crippen molar-refractivity contribution in [2.24, 2.45) is 11.8 Å². The number of carbonyl (C=O) groups excluding carboxylic acids is 4. The number of phosphoric acid groups is 2. The predicted molar refractivity (Wildman–Crippen MR) is 354 cm³/mol. The molecule has 3 unspecified atom stereocenters. The van der Waals surface area contributed by atoms with E-state index < -0.39 is 97.5 Å². The van der Waals surface area contributed by atoms with E-state index in [0.29, 0.717) is 25.7 Å². The van der Waals surface area contributed by atoms with Crippen molar-refractivity contribution in [3.05, 3.63) is 0 Å². The van der Waals surface area contributed by atoms with E-state index in [9.17, 15) is 43.2 Å². The van der Waals surface area contributed by atoms with Gasteiger partial charge in [0, 0.05) is 25.7 Å². The molecule has 6 atom stereocenters. The van der Waals surface area contributed by atoms with Crippen LogP contribution in [0.15, 0.2) is 0 Å². The van der Waals surface area contributed by atoms with Crippen LogP contribution in [0, 0.1) is 11.8 Å². The van der Waals surface area contributed by atoms with Gasteiger partial charge in [-0.3, -0.25) is 37.3 Å². The van der Waals surface area contributed by atoms with Gasteiger partial charge in [0.2, 0.25) is 0 Å². The molecular weight excluding hydrogens is 1160 g/mol. The zero-order valence-electron chi connectivity index (χ0n) is 57.0. The van der Waals surface area contributed by atoms with Crippen molar-refractivity contribution in [2.45, 2.75) is 368 Å². The van der Waals surface area contributed by atoms with Gasteiger partial charge < -0.3 is 33.8 Å². The van der Waals surface area contributed by atoms with Gasteiger partial charge in [0.1, 0.15) is 19.3 Å². The molecule has 0 aromatic heterocycles. The Kier molecular flexibility index (Phi) is 59.9. The van der Waals surface area contributed by atoms with Gasteiger partial charge in [0.25, 0.3) is 0 Å². The largest absolute Gasteiger partial charge is 0.472 e. The lowest BCUT2D eigenvalue weighted by atomic mass is 9.99. The second kappa shape index (κ2) is 61.3. The van der Waals surface area contributed by atoms with Gasteiger partial charge >= 0.3 is 39.5 Å². The lowest BCUT2D eigenvalue weighted by molar-refractivity contribution is -0.161. The molecule has 19 heteroatoms. The lowest BCUT2D eigenvalue weighted by Gasteiger charge is -2.21. The maximum atomic E-state index is 13.0. The van der Waals surface area contributed by atoms with Crippen molar-refractivity contribution < 1.29 is 80.2 Å². The van der Waals surface area contributed by atoms with Gasteiger partial charge in [0.05, 0.1) is 26.4 Å². The van der Waals surface area contributed by atoms with Crippen LogP contribution in [0.1, 0.15) is 350 Å². The molecule has 88 heavy (non-hydrogen) atoms. The smallest absolute Gasteiger partial charge is 0.462 e. The molecule has 0 saturated carbocycles. The Labute approximate surface area is 537 Å². The molecule has 3 N–H and O–H groups in total. The maximum Gasteiger partial charge on any atom is 0.472 e. The third-order valence-electron chi connectivity index (χ3n) is 16.3. The molecule has 0 rings (SSSR count). The third kappa shape index (κ3) is 61.6. The Bertz CT molecular complexity index is 1720. The van der Waals surface area contributed by atoms with Crippen LogP contribution < -0.4 is 0 Å². The van der Waals surface area contributed by atoms with Gasteiger partial charge in [-0.25, -0.2) is 9.13 Å². The number of unbranched alkanes of at least 4 members (excludes halogenated alkanes) is 37. The van der Waals surface area contributed by atoms with Crippen LogP contribution in [-0.4, -0.2) is 96.7 Å². The fourth-order valence-corrected chi connectivity index (χ4v) is 12.0. The highest BCUT2D eigenvalue weighted by molar-refractivity contribution is 7.47. The summed E-state index contributed by atoms with van der Waals surface area (Å²) in [5.41, 5.74) is 0. The Balaban J connectivity index is 5.16. The van der Waals surface area contributed by atoms with E-state index in [2.05, 4.69) is 41.5 Å². The molecule has 0 amide bonds. The van der Waals surface area contributed by atoms with Crippen molar-refractivity contribution in [1.82, 2.24) is 0 Å². The summed E-state index contributed by atoms with van der Waals surface area (Å²) in [7, 11) is -9.89. The molecule has 0 aliphatic carbocycles. The summed E-state index contributed by atoms with van der Waals surface area (Å²) < 4.78 is 68.0. The molecule has 0 heterocycles. The first-order valence-corrected chi connectivity index (χ1v) is 39.0. The van der Waals surface area contributed by atoms with E-state index in [-0.39, 0.29) is 25.7 Å². The van der Waals surface area contributed by atoms with Crippen molar-refractivity contribution in [1.29, 1.82) is 0 Å². The first-order chi connectivity index (χ1) is 42.4. The van der Waals surface area contributed by atoms with Gasteiger partial charge in [-0.2, -0.15) is 0 Å². The van der Waals surface area contributed by atoms with Crippen molar-refractivity contribution >= 4 is 39.5 Å². The van der Waals surface area contributed by atoms with Crippen LogP contribution in [0.5, 0.6) is 0 Å². The topological polar surface area (TPSA) is 237 Å². The van der Waals surface area contributed by atoms with Crippen LogP contribution in [0.4, 0.5) is 0 Å². The van der Waals surface area contributed by atoms with Gasteiger partial charge in [-0.15, -0.1) is 0 Å². The number of esters is 4. The van der Waals surface area contributed by atoms with E-state index in [1.165, 1.54) is 161 Å². The number of aliphatic hydroxyl groups is 1. The fraction of sp³-hybridized carbons (Fsp3) is 0.942. The van der Waals surface area contributed by atoms with Crippen molar-refractivity contribution in [3.63, 3.8) is 0 Å². The lowest BCUT2D eigenvalue weighted by Crippen LogP contribution is -2.30. The summed E-state index contributed by atoms with van der Waals surface area (Å²) in [6, 6.07) is 0. The molecule has 0 aromatic rings. The minimum absolute atomic E-state index is 0.104. The van der Waals surface area contributed by atoms with Gasteiger partial charge in [-0.1, -0.05) is 298 Å². The third-order valence-corrected chi connectivity index (χ3v) is 18.2. The Morgan fingerprint density at radius 3 is 0.864 bits per heavy atom. The SMILES string of the molecule is CCCCCCCCCCCCCCCCC(=O)OC[C@H](COP(=O)(O)OC[C@@H](O)COP(=O)(O)OC[C@@H](COC(=O)CCCCCCC)OC(=O)CCCCCCCCCCC(C)C)OC(=O)CCCCCCCCCCCCCCCCC(C)CC. The highest BCUT2D eigenvalue weighted by Gasteiger charge is 2.30. The highest BCUT2D eigenvalue weighted by Crippen LogP contribution is 2.45. The molecule has 0 radical (unpaired) electrons. The second-order valence-electron chi connectivity index (χ2n) is 25.6. The van der Waals surface area contributed by atoms with Crippen LogP contribution in [-0.2, 0) is 65.4 Å². The number of hydrogen-bond acceptors (Lipinski definition) is 15. The molecule has 0 aromatic carbocycles. The standard InChI is InChI=1S/C69H134O17P2/c1-7-10-12-14-15-16-17-18-22-25-28-34-40-46-52-67(72)80-58-65(86-68(73)53-47-41-35-29-26-23-20-19-21-24-27-33-39-44-50-62(6)9-3)60-84-88(77,78)82-56-63(70)55-81-87(75,76)83-59-64(57-79-66(71)51-45-37-13-11-8-2)85-69(74)54-48-42-36-31-30-32-38-43-49-61(4)5/h61-65,70H,7-60H2,1-6H3,(H,75,76)(H,77,78)/t62?,63-,64+,65+/m0/s1. The fourth-order valence-electron chi connectivity index (χ4n) is 10.4. The number of rotatable bonds is 68. The molecule has 0 aliphatic rings.